The van der Waals surface area contributed by atoms with Crippen LogP contribution >= 0.6 is 0 Å². The Morgan fingerprint density at radius 1 is 1.40 bits per heavy atom. The van der Waals surface area contributed by atoms with E-state index in [2.05, 4.69) is 0 Å². The highest BCUT2D eigenvalue weighted by Gasteiger charge is 2.30. The van der Waals surface area contributed by atoms with Crippen LogP contribution in [-0.4, -0.2) is 12.1 Å². The minimum Gasteiger partial charge on any atom is -0.459 e. The fourth-order valence-corrected chi connectivity index (χ4v) is 1.39. The smallest absolute Gasteiger partial charge is 0.416 e. The first-order valence-corrected chi connectivity index (χ1v) is 5.74. The number of hydrogen-bond acceptors (Lipinski definition) is 3. The minimum atomic E-state index is -4.48. The van der Waals surface area contributed by atoms with Gasteiger partial charge in [0.1, 0.15) is 11.6 Å². The van der Waals surface area contributed by atoms with E-state index in [1.165, 1.54) is 12.1 Å². The summed E-state index contributed by atoms with van der Waals surface area (Å²) in [6.45, 7) is 3.22. The molecule has 3 nitrogen and oxygen atoms in total. The molecule has 0 radical (unpaired) electrons. The summed E-state index contributed by atoms with van der Waals surface area (Å²) in [6.07, 6.45) is -3.82. The van der Waals surface area contributed by atoms with Gasteiger partial charge in [0.2, 0.25) is 0 Å². The number of rotatable bonds is 3. The van der Waals surface area contributed by atoms with Gasteiger partial charge in [-0.25, -0.2) is 4.79 Å². The van der Waals surface area contributed by atoms with Gasteiger partial charge >= 0.3 is 12.1 Å². The second kappa shape index (κ2) is 6.24. The molecule has 20 heavy (non-hydrogen) atoms. The van der Waals surface area contributed by atoms with Gasteiger partial charge < -0.3 is 4.74 Å². The number of nitrogens with zero attached hydrogens (tertiary/aromatic N) is 1. The van der Waals surface area contributed by atoms with E-state index < -0.39 is 23.8 Å². The summed E-state index contributed by atoms with van der Waals surface area (Å²) < 4.78 is 42.4. The second-order valence-corrected chi connectivity index (χ2v) is 4.25. The zero-order valence-corrected chi connectivity index (χ0v) is 10.9. The molecule has 0 aliphatic rings. The maximum atomic E-state index is 12.5. The summed E-state index contributed by atoms with van der Waals surface area (Å²) in [5.41, 5.74) is -1.09. The molecule has 1 aromatic carbocycles. The first-order chi connectivity index (χ1) is 9.24. The zero-order valence-electron chi connectivity index (χ0n) is 10.9. The minimum absolute atomic E-state index is 0.108. The number of hydrogen-bond donors (Lipinski definition) is 0. The Morgan fingerprint density at radius 3 is 2.55 bits per heavy atom. The van der Waals surface area contributed by atoms with Gasteiger partial charge in [-0.05, 0) is 37.6 Å². The van der Waals surface area contributed by atoms with E-state index in [1.54, 1.807) is 19.9 Å². The number of carbonyl (C=O) groups excluding carboxylic acids is 1. The number of esters is 1. The van der Waals surface area contributed by atoms with Crippen molar-refractivity contribution >= 4 is 12.0 Å². The van der Waals surface area contributed by atoms with E-state index in [1.807, 2.05) is 0 Å². The normalized spacial score (nSPS) is 12.2. The maximum absolute atomic E-state index is 12.5. The molecule has 0 aliphatic carbocycles. The second-order valence-electron chi connectivity index (χ2n) is 4.25. The topological polar surface area (TPSA) is 50.1 Å². The number of alkyl halides is 3. The fraction of sp³-hybridized carbons (Fsp3) is 0.286. The molecule has 0 amide bonds. The predicted octanol–water partition coefficient (Wildman–Crippen LogP) is 3.56. The lowest BCUT2D eigenvalue weighted by Crippen LogP contribution is -2.12. The van der Waals surface area contributed by atoms with Crippen molar-refractivity contribution < 1.29 is 22.7 Å². The van der Waals surface area contributed by atoms with Crippen LogP contribution in [0.25, 0.3) is 6.08 Å². The van der Waals surface area contributed by atoms with Gasteiger partial charge in [-0.1, -0.05) is 12.1 Å². The van der Waals surface area contributed by atoms with Gasteiger partial charge in [0, 0.05) is 0 Å². The molecule has 0 fully saturated rings. The van der Waals surface area contributed by atoms with Crippen LogP contribution in [0.3, 0.4) is 0 Å². The summed E-state index contributed by atoms with van der Waals surface area (Å²) in [4.78, 5) is 11.5. The molecule has 0 bridgehead atoms. The van der Waals surface area contributed by atoms with Gasteiger partial charge in [0.15, 0.2) is 0 Å². The summed E-state index contributed by atoms with van der Waals surface area (Å²) in [7, 11) is 0. The average molecular weight is 283 g/mol. The van der Waals surface area contributed by atoms with Crippen molar-refractivity contribution in [3.05, 3.63) is 41.0 Å². The van der Waals surface area contributed by atoms with E-state index in [4.69, 9.17) is 10.00 Å². The monoisotopic (exact) mass is 283 g/mol. The summed E-state index contributed by atoms with van der Waals surface area (Å²) in [5.74, 6) is -0.861. The maximum Gasteiger partial charge on any atom is 0.416 e. The summed E-state index contributed by atoms with van der Waals surface area (Å²) >= 11 is 0. The van der Waals surface area contributed by atoms with Gasteiger partial charge in [-0.2, -0.15) is 18.4 Å². The summed E-state index contributed by atoms with van der Waals surface area (Å²) in [5, 5.41) is 8.86. The van der Waals surface area contributed by atoms with Crippen molar-refractivity contribution in [1.29, 1.82) is 5.26 Å². The Hall–Kier alpha value is -2.29. The van der Waals surface area contributed by atoms with Crippen molar-refractivity contribution in [2.45, 2.75) is 26.1 Å². The first-order valence-electron chi connectivity index (χ1n) is 5.74. The average Bonchev–Trinajstić information content (AvgIpc) is 2.34. The van der Waals surface area contributed by atoms with Crippen molar-refractivity contribution in [2.75, 3.05) is 0 Å². The Morgan fingerprint density at radius 2 is 2.05 bits per heavy atom. The molecular weight excluding hydrogens is 271 g/mol. The Balaban J connectivity index is 3.09. The van der Waals surface area contributed by atoms with Crippen LogP contribution in [0.4, 0.5) is 13.2 Å². The third-order valence-corrected chi connectivity index (χ3v) is 2.21. The zero-order chi connectivity index (χ0) is 15.3. The molecule has 0 aliphatic heterocycles. The largest absolute Gasteiger partial charge is 0.459 e. The number of nitriles is 1. The molecular formula is C14H12F3NO2. The van der Waals surface area contributed by atoms with Gasteiger partial charge in [0.05, 0.1) is 11.7 Å². The highest BCUT2D eigenvalue weighted by atomic mass is 19.4. The van der Waals surface area contributed by atoms with Crippen LogP contribution in [0.5, 0.6) is 0 Å². The molecule has 0 unspecified atom stereocenters. The Kier molecular flexibility index (Phi) is 4.92. The van der Waals surface area contributed by atoms with E-state index in [0.717, 1.165) is 18.2 Å². The van der Waals surface area contributed by atoms with Gasteiger partial charge in [0.25, 0.3) is 0 Å². The van der Waals surface area contributed by atoms with E-state index >= 15 is 0 Å². The lowest BCUT2D eigenvalue weighted by molar-refractivity contribution is -0.142. The number of benzene rings is 1. The predicted molar refractivity (Wildman–Crippen MR) is 66.3 cm³/mol. The molecule has 1 rings (SSSR count). The quantitative estimate of drug-likeness (QED) is 0.484. The van der Waals surface area contributed by atoms with Gasteiger partial charge in [-0.15, -0.1) is 0 Å². The van der Waals surface area contributed by atoms with Crippen LogP contribution in [0, 0.1) is 11.3 Å². The van der Waals surface area contributed by atoms with Gasteiger partial charge in [-0.3, -0.25) is 0 Å². The molecule has 0 heterocycles. The highest BCUT2D eigenvalue weighted by Crippen LogP contribution is 2.29. The molecule has 0 aromatic heterocycles. The van der Waals surface area contributed by atoms with Crippen LogP contribution in [-0.2, 0) is 15.7 Å². The molecule has 1 aromatic rings. The molecule has 106 valence electrons. The lowest BCUT2D eigenvalue weighted by atomic mass is 10.1. The van der Waals surface area contributed by atoms with Crippen molar-refractivity contribution in [3.63, 3.8) is 0 Å². The highest BCUT2D eigenvalue weighted by molar-refractivity contribution is 5.97. The van der Waals surface area contributed by atoms with Crippen molar-refractivity contribution in [1.82, 2.24) is 0 Å². The molecule has 0 saturated carbocycles. The van der Waals surface area contributed by atoms with Crippen LogP contribution in [0.1, 0.15) is 25.0 Å². The molecule has 6 heteroatoms. The third-order valence-electron chi connectivity index (χ3n) is 2.21. The third kappa shape index (κ3) is 4.43. The van der Waals surface area contributed by atoms with Crippen LogP contribution in [0.15, 0.2) is 29.8 Å². The Labute approximate surface area is 114 Å². The molecule has 0 atom stereocenters. The van der Waals surface area contributed by atoms with Crippen LogP contribution in [0.2, 0.25) is 0 Å². The fourth-order valence-electron chi connectivity index (χ4n) is 1.39. The van der Waals surface area contributed by atoms with E-state index in [-0.39, 0.29) is 11.1 Å². The SMILES string of the molecule is CC(C)OC(=O)/C(C#N)=C\c1cccc(C(F)(F)F)c1. The van der Waals surface area contributed by atoms with Crippen LogP contribution < -0.4 is 0 Å². The Bertz CT molecular complexity index is 569. The van der Waals surface area contributed by atoms with E-state index in [9.17, 15) is 18.0 Å². The lowest BCUT2D eigenvalue weighted by Gasteiger charge is -2.08. The summed E-state index contributed by atoms with van der Waals surface area (Å²) in [6, 6.07) is 5.97. The number of ether oxygens (including phenoxy) is 1. The van der Waals surface area contributed by atoms with Crippen molar-refractivity contribution in [3.8, 4) is 6.07 Å². The number of halogens is 3. The molecule has 0 saturated heterocycles. The number of carbonyl (C=O) groups is 1. The molecule has 0 N–H and O–H groups in total. The first kappa shape index (κ1) is 15.8. The van der Waals surface area contributed by atoms with E-state index in [0.29, 0.717) is 0 Å². The standard InChI is InChI=1S/C14H12F3NO2/c1-9(2)20-13(19)11(8-18)6-10-4-3-5-12(7-10)14(15,16)17/h3-7,9H,1-2H3/b11-6-. The van der Waals surface area contributed by atoms with Crippen molar-refractivity contribution in [2.24, 2.45) is 0 Å². The molecule has 0 spiro atoms.